The molecule has 0 aliphatic carbocycles. The van der Waals surface area contributed by atoms with Crippen LogP contribution in [0.4, 0.5) is 0 Å². The maximum absolute atomic E-state index is 12.1. The van der Waals surface area contributed by atoms with E-state index in [0.717, 1.165) is 5.76 Å². The van der Waals surface area contributed by atoms with Crippen molar-refractivity contribution in [3.8, 4) is 0 Å². The van der Waals surface area contributed by atoms with Gasteiger partial charge in [-0.05, 0) is 30.7 Å². The molecule has 0 atom stereocenters. The van der Waals surface area contributed by atoms with Crippen molar-refractivity contribution < 1.29 is 13.9 Å². The van der Waals surface area contributed by atoms with Crippen LogP contribution in [0.2, 0.25) is 0 Å². The molecule has 130 valence electrons. The second-order valence-corrected chi connectivity index (χ2v) is 5.51. The smallest absolute Gasteiger partial charge is 0.269 e. The number of nitrogens with one attached hydrogen (secondary N) is 1. The zero-order chi connectivity index (χ0) is 17.5. The lowest BCUT2D eigenvalue weighted by Crippen LogP contribution is -2.33. The van der Waals surface area contributed by atoms with E-state index in [9.17, 15) is 9.59 Å². The molecule has 0 radical (unpaired) electrons. The molecule has 1 amide bonds. The number of carbonyl (C=O) groups is 1. The molecule has 25 heavy (non-hydrogen) atoms. The summed E-state index contributed by atoms with van der Waals surface area (Å²) >= 11 is 0. The summed E-state index contributed by atoms with van der Waals surface area (Å²) in [5, 5.41) is 2.79. The second kappa shape index (κ2) is 8.25. The van der Waals surface area contributed by atoms with E-state index in [1.165, 1.54) is 10.8 Å². The summed E-state index contributed by atoms with van der Waals surface area (Å²) in [4.78, 5) is 28.1. The van der Waals surface area contributed by atoms with Gasteiger partial charge in [-0.15, -0.1) is 0 Å². The van der Waals surface area contributed by atoms with Crippen molar-refractivity contribution in [2.75, 3.05) is 13.2 Å². The molecule has 0 bridgehead atoms. The largest absolute Gasteiger partial charge is 0.467 e. The van der Waals surface area contributed by atoms with Crippen LogP contribution in [0, 0.1) is 0 Å². The second-order valence-electron chi connectivity index (χ2n) is 5.51. The fourth-order valence-corrected chi connectivity index (χ4v) is 2.45. The van der Waals surface area contributed by atoms with E-state index in [0.29, 0.717) is 37.2 Å². The molecule has 2 aromatic heterocycles. The predicted octanol–water partition coefficient (Wildman–Crippen LogP) is 1.71. The van der Waals surface area contributed by atoms with Crippen LogP contribution in [0.5, 0.6) is 0 Å². The first-order valence-electron chi connectivity index (χ1n) is 8.05. The van der Waals surface area contributed by atoms with Crippen molar-refractivity contribution in [1.29, 1.82) is 0 Å². The van der Waals surface area contributed by atoms with Crippen LogP contribution in [0.3, 0.4) is 0 Å². The maximum atomic E-state index is 12.1. The average Bonchev–Trinajstić information content (AvgIpc) is 3.14. The Balaban J connectivity index is 1.45. The number of fused-ring (bicyclic) bond motifs is 1. The Labute approximate surface area is 144 Å². The summed E-state index contributed by atoms with van der Waals surface area (Å²) < 4.78 is 12.0. The SMILES string of the molecule is O=C(Cn1c(=O)cnc2ccccc21)NCCCOCc1ccco1. The number of para-hydroxylation sites is 2. The first kappa shape index (κ1) is 16.9. The van der Waals surface area contributed by atoms with Crippen molar-refractivity contribution in [3.05, 3.63) is 65.0 Å². The molecular formula is C18H19N3O4. The molecule has 0 aliphatic heterocycles. The van der Waals surface area contributed by atoms with Gasteiger partial charge in [-0.3, -0.25) is 14.2 Å². The summed E-state index contributed by atoms with van der Waals surface area (Å²) in [6, 6.07) is 10.9. The molecule has 1 aromatic carbocycles. The van der Waals surface area contributed by atoms with E-state index in [2.05, 4.69) is 10.3 Å². The van der Waals surface area contributed by atoms with Gasteiger partial charge in [0.05, 0.1) is 23.5 Å². The van der Waals surface area contributed by atoms with Crippen molar-refractivity contribution in [2.24, 2.45) is 0 Å². The number of rotatable bonds is 8. The number of nitrogens with zero attached hydrogens (tertiary/aromatic N) is 2. The summed E-state index contributed by atoms with van der Waals surface area (Å²) in [5.41, 5.74) is 1.03. The predicted molar refractivity (Wildman–Crippen MR) is 92.0 cm³/mol. The van der Waals surface area contributed by atoms with Crippen LogP contribution < -0.4 is 10.9 Å². The number of furan rings is 1. The third-order valence-corrected chi connectivity index (χ3v) is 3.67. The number of benzene rings is 1. The number of ether oxygens (including phenoxy) is 1. The highest BCUT2D eigenvalue weighted by atomic mass is 16.5. The van der Waals surface area contributed by atoms with Crippen molar-refractivity contribution in [2.45, 2.75) is 19.6 Å². The monoisotopic (exact) mass is 341 g/mol. The maximum Gasteiger partial charge on any atom is 0.269 e. The molecule has 2 heterocycles. The number of hydrogen-bond donors (Lipinski definition) is 1. The fourth-order valence-electron chi connectivity index (χ4n) is 2.45. The van der Waals surface area contributed by atoms with Gasteiger partial charge >= 0.3 is 0 Å². The van der Waals surface area contributed by atoms with E-state index in [4.69, 9.17) is 9.15 Å². The minimum absolute atomic E-state index is 0.0326. The Morgan fingerprint density at radius 3 is 2.96 bits per heavy atom. The van der Waals surface area contributed by atoms with Crippen molar-refractivity contribution in [1.82, 2.24) is 14.9 Å². The lowest BCUT2D eigenvalue weighted by molar-refractivity contribution is -0.121. The number of amides is 1. The summed E-state index contributed by atoms with van der Waals surface area (Å²) in [7, 11) is 0. The quantitative estimate of drug-likeness (QED) is 0.630. The van der Waals surface area contributed by atoms with Crippen LogP contribution in [-0.4, -0.2) is 28.6 Å². The van der Waals surface area contributed by atoms with Gasteiger partial charge in [-0.2, -0.15) is 0 Å². The highest BCUT2D eigenvalue weighted by Crippen LogP contribution is 2.07. The minimum atomic E-state index is -0.296. The topological polar surface area (TPSA) is 86.4 Å². The zero-order valence-electron chi connectivity index (χ0n) is 13.7. The Morgan fingerprint density at radius 2 is 2.12 bits per heavy atom. The molecule has 0 spiro atoms. The standard InChI is InChI=1S/C18H19N3O4/c22-17(19-8-4-9-24-13-14-5-3-10-25-14)12-21-16-7-2-1-6-15(16)20-11-18(21)23/h1-3,5-7,10-11H,4,8-9,12-13H2,(H,19,22). The van der Waals surface area contributed by atoms with Crippen molar-refractivity contribution in [3.63, 3.8) is 0 Å². The van der Waals surface area contributed by atoms with Gasteiger partial charge in [0.25, 0.3) is 5.56 Å². The third-order valence-electron chi connectivity index (χ3n) is 3.67. The van der Waals surface area contributed by atoms with Crippen LogP contribution in [-0.2, 0) is 22.7 Å². The molecule has 0 saturated heterocycles. The first-order valence-corrected chi connectivity index (χ1v) is 8.05. The minimum Gasteiger partial charge on any atom is -0.467 e. The summed E-state index contributed by atoms with van der Waals surface area (Å²) in [6.07, 6.45) is 3.51. The Bertz CT molecular complexity index is 887. The van der Waals surface area contributed by atoms with E-state index in [1.54, 1.807) is 18.4 Å². The molecule has 1 N–H and O–H groups in total. The molecule has 0 unspecified atom stereocenters. The molecule has 0 saturated carbocycles. The summed E-state index contributed by atoms with van der Waals surface area (Å²) in [5.74, 6) is 0.553. The van der Waals surface area contributed by atoms with Gasteiger partial charge in [-0.25, -0.2) is 4.98 Å². The van der Waals surface area contributed by atoms with Crippen LogP contribution >= 0.6 is 0 Å². The van der Waals surface area contributed by atoms with E-state index in [1.807, 2.05) is 24.3 Å². The van der Waals surface area contributed by atoms with Gasteiger partial charge in [0, 0.05) is 13.2 Å². The van der Waals surface area contributed by atoms with Crippen molar-refractivity contribution >= 4 is 16.9 Å². The lowest BCUT2D eigenvalue weighted by atomic mass is 10.3. The molecule has 3 aromatic rings. The molecule has 7 heteroatoms. The van der Waals surface area contributed by atoms with Gasteiger partial charge in [-0.1, -0.05) is 12.1 Å². The normalized spacial score (nSPS) is 10.9. The number of carbonyl (C=O) groups excluding carboxylic acids is 1. The molecular weight excluding hydrogens is 322 g/mol. The molecule has 0 aliphatic rings. The fraction of sp³-hybridized carbons (Fsp3) is 0.278. The van der Waals surface area contributed by atoms with Crippen LogP contribution in [0.25, 0.3) is 11.0 Å². The number of aromatic nitrogens is 2. The van der Waals surface area contributed by atoms with Crippen LogP contribution in [0.1, 0.15) is 12.2 Å². The highest BCUT2D eigenvalue weighted by molar-refractivity contribution is 5.79. The lowest BCUT2D eigenvalue weighted by Gasteiger charge is -2.10. The average molecular weight is 341 g/mol. The Kier molecular flexibility index (Phi) is 5.58. The van der Waals surface area contributed by atoms with E-state index in [-0.39, 0.29) is 18.0 Å². The molecule has 7 nitrogen and oxygen atoms in total. The molecule has 0 fully saturated rings. The third kappa shape index (κ3) is 4.54. The van der Waals surface area contributed by atoms with E-state index < -0.39 is 0 Å². The highest BCUT2D eigenvalue weighted by Gasteiger charge is 2.08. The van der Waals surface area contributed by atoms with Gasteiger partial charge < -0.3 is 14.5 Å². The number of hydrogen-bond acceptors (Lipinski definition) is 5. The van der Waals surface area contributed by atoms with Crippen LogP contribution in [0.15, 0.2) is 58.1 Å². The van der Waals surface area contributed by atoms with E-state index >= 15 is 0 Å². The van der Waals surface area contributed by atoms with Gasteiger partial charge in [0.15, 0.2) is 0 Å². The van der Waals surface area contributed by atoms with Gasteiger partial charge in [0.2, 0.25) is 5.91 Å². The van der Waals surface area contributed by atoms with Gasteiger partial charge in [0.1, 0.15) is 18.9 Å². The Morgan fingerprint density at radius 1 is 1.24 bits per heavy atom. The Hall–Kier alpha value is -2.93. The first-order chi connectivity index (χ1) is 12.2. The molecule has 3 rings (SSSR count). The zero-order valence-corrected chi connectivity index (χ0v) is 13.7. The summed E-state index contributed by atoms with van der Waals surface area (Å²) in [6.45, 7) is 1.38.